The Morgan fingerprint density at radius 2 is 1.06 bits per heavy atom. The molecule has 0 atom stereocenters. The van der Waals surface area contributed by atoms with Crippen molar-refractivity contribution < 1.29 is 27.0 Å². The predicted octanol–water partition coefficient (Wildman–Crippen LogP) is -0.620. The minimum Gasteiger partial charge on any atom is -0.507 e. The van der Waals surface area contributed by atoms with Gasteiger partial charge < -0.3 is 27.0 Å². The second kappa shape index (κ2) is 12.5. The minimum atomic E-state index is 0. The summed E-state index contributed by atoms with van der Waals surface area (Å²) in [5, 5.41) is 9.56. The van der Waals surface area contributed by atoms with Gasteiger partial charge in [-0.25, -0.2) is 0 Å². The van der Waals surface area contributed by atoms with Crippen molar-refractivity contribution in [2.24, 2.45) is 0 Å². The Labute approximate surface area is 128 Å². The van der Waals surface area contributed by atoms with E-state index < -0.39 is 0 Å². The monoisotopic (exact) mass is 265 g/mol. The number of phenols is 1. The van der Waals surface area contributed by atoms with Crippen LogP contribution in [0.15, 0.2) is 54.6 Å². The normalized spacial score (nSPS) is 7.11. The van der Waals surface area contributed by atoms with Crippen molar-refractivity contribution in [3.63, 3.8) is 0 Å². The zero-order valence-electron chi connectivity index (χ0n) is 10.1. The second-order valence-corrected chi connectivity index (χ2v) is 2.88. The third kappa shape index (κ3) is 6.13. The zero-order chi connectivity index (χ0) is 9.10. The molecule has 1 radical (unpaired) electrons. The van der Waals surface area contributed by atoms with Gasteiger partial charge in [0.05, 0.1) is 0 Å². The third-order valence-corrected chi connectivity index (χ3v) is 1.99. The molecule has 0 amide bonds. The molecule has 9 N–H and O–H groups in total. The fraction of sp³-hybridized carbons (Fsp3) is 0. The van der Waals surface area contributed by atoms with E-state index in [1.54, 1.807) is 6.07 Å². The van der Waals surface area contributed by atoms with Crippen LogP contribution in [0.5, 0.6) is 5.75 Å². The van der Waals surface area contributed by atoms with Gasteiger partial charge in [0, 0.05) is 35.1 Å². The molecule has 0 saturated carbocycles. The summed E-state index contributed by atoms with van der Waals surface area (Å²) in [5.74, 6) is 0.328. The maximum Gasteiger partial charge on any atom is 0.123 e. The first kappa shape index (κ1) is 25.8. The molecule has 0 aromatic heterocycles. The van der Waals surface area contributed by atoms with Gasteiger partial charge in [0.25, 0.3) is 0 Å². The molecule has 2 rings (SSSR count). The molecular formula is C12H18NaO5. The third-order valence-electron chi connectivity index (χ3n) is 1.99. The molecule has 0 fully saturated rings. The van der Waals surface area contributed by atoms with Crippen LogP contribution in [0.25, 0.3) is 11.1 Å². The van der Waals surface area contributed by atoms with E-state index in [1.807, 2.05) is 48.5 Å². The molecule has 0 aliphatic heterocycles. The molecule has 0 heterocycles. The van der Waals surface area contributed by atoms with Crippen LogP contribution < -0.4 is 0 Å². The number of hydrogen-bond donors (Lipinski definition) is 1. The fourth-order valence-corrected chi connectivity index (χ4v) is 1.34. The molecule has 0 aliphatic carbocycles. The second-order valence-electron chi connectivity index (χ2n) is 2.88. The van der Waals surface area contributed by atoms with Crippen molar-refractivity contribution >= 4 is 29.6 Å². The molecule has 0 spiro atoms. The Morgan fingerprint density at radius 1 is 0.611 bits per heavy atom. The van der Waals surface area contributed by atoms with E-state index in [2.05, 4.69) is 0 Å². The fourth-order valence-electron chi connectivity index (χ4n) is 1.34. The standard InChI is InChI=1S/C12H10O.Na.4H2O/c13-12-9-5-4-8-11(12)10-6-2-1-3-7-10;;;;;/h1-9,13H;;4*1H2. The van der Waals surface area contributed by atoms with E-state index in [1.165, 1.54) is 0 Å². The summed E-state index contributed by atoms with van der Waals surface area (Å²) >= 11 is 0. The molecule has 97 valence electrons. The summed E-state index contributed by atoms with van der Waals surface area (Å²) in [4.78, 5) is 0. The molecular weight excluding hydrogens is 247 g/mol. The van der Waals surface area contributed by atoms with Crippen molar-refractivity contribution in [2.75, 3.05) is 0 Å². The number of benzene rings is 2. The maximum atomic E-state index is 9.56. The van der Waals surface area contributed by atoms with Crippen LogP contribution in [-0.4, -0.2) is 56.6 Å². The van der Waals surface area contributed by atoms with Crippen LogP contribution in [0.1, 0.15) is 0 Å². The van der Waals surface area contributed by atoms with E-state index in [0.29, 0.717) is 5.75 Å². The summed E-state index contributed by atoms with van der Waals surface area (Å²) in [7, 11) is 0. The molecule has 0 saturated heterocycles. The summed E-state index contributed by atoms with van der Waals surface area (Å²) in [6.07, 6.45) is 0. The van der Waals surface area contributed by atoms with Crippen LogP contribution in [0, 0.1) is 0 Å². The van der Waals surface area contributed by atoms with Crippen molar-refractivity contribution in [3.8, 4) is 16.9 Å². The van der Waals surface area contributed by atoms with E-state index in [4.69, 9.17) is 0 Å². The van der Waals surface area contributed by atoms with Gasteiger partial charge in [0.1, 0.15) is 5.75 Å². The van der Waals surface area contributed by atoms with Crippen LogP contribution >= 0.6 is 0 Å². The number of para-hydroxylation sites is 1. The smallest absolute Gasteiger partial charge is 0.123 e. The number of hydrogen-bond acceptors (Lipinski definition) is 1. The van der Waals surface area contributed by atoms with Gasteiger partial charge >= 0.3 is 0 Å². The first-order valence-corrected chi connectivity index (χ1v) is 4.21. The van der Waals surface area contributed by atoms with Gasteiger partial charge in [-0.15, -0.1) is 0 Å². The Kier molecular flexibility index (Phi) is 18.0. The summed E-state index contributed by atoms with van der Waals surface area (Å²) in [6.45, 7) is 0. The van der Waals surface area contributed by atoms with Crippen LogP contribution in [-0.2, 0) is 0 Å². The molecule has 2 aromatic rings. The van der Waals surface area contributed by atoms with Gasteiger partial charge in [-0.05, 0) is 11.6 Å². The van der Waals surface area contributed by atoms with Crippen LogP contribution in [0.4, 0.5) is 0 Å². The summed E-state index contributed by atoms with van der Waals surface area (Å²) in [5.41, 5.74) is 1.92. The van der Waals surface area contributed by atoms with Gasteiger partial charge in [-0.2, -0.15) is 0 Å². The van der Waals surface area contributed by atoms with E-state index in [0.717, 1.165) is 11.1 Å². The van der Waals surface area contributed by atoms with Crippen molar-refractivity contribution in [3.05, 3.63) is 54.6 Å². The average Bonchev–Trinajstić information content (AvgIpc) is 2.20. The number of aromatic hydroxyl groups is 1. The maximum absolute atomic E-state index is 9.56. The van der Waals surface area contributed by atoms with Gasteiger partial charge in [0.2, 0.25) is 0 Å². The zero-order valence-corrected chi connectivity index (χ0v) is 12.1. The number of rotatable bonds is 1. The number of phenolic OH excluding ortho intramolecular Hbond substituents is 1. The molecule has 18 heavy (non-hydrogen) atoms. The minimum absolute atomic E-state index is 0. The molecule has 0 unspecified atom stereocenters. The van der Waals surface area contributed by atoms with Crippen LogP contribution in [0.3, 0.4) is 0 Å². The molecule has 0 bridgehead atoms. The van der Waals surface area contributed by atoms with Crippen molar-refractivity contribution in [1.29, 1.82) is 0 Å². The van der Waals surface area contributed by atoms with Gasteiger partial charge in [0.15, 0.2) is 0 Å². The first-order chi connectivity index (χ1) is 6.38. The quantitative estimate of drug-likeness (QED) is 0.672. The summed E-state index contributed by atoms with van der Waals surface area (Å²) < 4.78 is 0. The largest absolute Gasteiger partial charge is 0.507 e. The van der Waals surface area contributed by atoms with Gasteiger partial charge in [-0.1, -0.05) is 48.5 Å². The van der Waals surface area contributed by atoms with Crippen molar-refractivity contribution in [2.45, 2.75) is 0 Å². The first-order valence-electron chi connectivity index (χ1n) is 4.21. The predicted molar refractivity (Wildman–Crippen MR) is 73.8 cm³/mol. The van der Waals surface area contributed by atoms with E-state index >= 15 is 0 Å². The topological polar surface area (TPSA) is 146 Å². The van der Waals surface area contributed by atoms with Gasteiger partial charge in [-0.3, -0.25) is 0 Å². The molecule has 5 nitrogen and oxygen atoms in total. The Hall–Kier alpha value is -0.920. The average molecular weight is 265 g/mol. The van der Waals surface area contributed by atoms with E-state index in [9.17, 15) is 5.11 Å². The molecule has 0 aliphatic rings. The Balaban J connectivity index is -0.000000196. The SMILES string of the molecule is O.O.O.O.Oc1ccccc1-c1ccccc1.[Na]. The Morgan fingerprint density at radius 3 is 1.56 bits per heavy atom. The van der Waals surface area contributed by atoms with Crippen molar-refractivity contribution in [1.82, 2.24) is 0 Å². The molecule has 6 heteroatoms. The van der Waals surface area contributed by atoms with Crippen LogP contribution in [0.2, 0.25) is 0 Å². The Bertz CT molecular complexity index is 408. The van der Waals surface area contributed by atoms with E-state index in [-0.39, 0.29) is 51.5 Å². The molecule has 2 aromatic carbocycles. The summed E-state index contributed by atoms with van der Waals surface area (Å²) in [6, 6.07) is 17.2.